The van der Waals surface area contributed by atoms with E-state index < -0.39 is 40.3 Å². The minimum Gasteiger partial charge on any atom is -0.478 e. The highest BCUT2D eigenvalue weighted by molar-refractivity contribution is 7.92. The Morgan fingerprint density at radius 2 is 1.95 bits per heavy atom. The van der Waals surface area contributed by atoms with Gasteiger partial charge in [-0.05, 0) is 36.8 Å². The second-order valence-electron chi connectivity index (χ2n) is 8.25. The van der Waals surface area contributed by atoms with E-state index in [0.717, 1.165) is 6.07 Å². The van der Waals surface area contributed by atoms with Crippen molar-refractivity contribution in [1.29, 1.82) is 0 Å². The van der Waals surface area contributed by atoms with E-state index in [2.05, 4.69) is 9.71 Å². The maximum Gasteiger partial charge on any atom is 0.390 e. The predicted octanol–water partition coefficient (Wildman–Crippen LogP) is 7.36. The van der Waals surface area contributed by atoms with E-state index in [1.165, 1.54) is 36.7 Å². The molecule has 38 heavy (non-hydrogen) atoms. The molecule has 0 unspecified atom stereocenters. The molecular formula is C24H19Cl2F4N3O4S. The predicted molar refractivity (Wildman–Crippen MR) is 137 cm³/mol. The van der Waals surface area contributed by atoms with E-state index in [4.69, 9.17) is 38.1 Å². The monoisotopic (exact) mass is 591 g/mol. The average Bonchev–Trinajstić information content (AvgIpc) is 3.26. The van der Waals surface area contributed by atoms with E-state index in [1.807, 2.05) is 0 Å². The number of nitrogen functional groups attached to an aromatic ring is 1. The van der Waals surface area contributed by atoms with Gasteiger partial charge < -0.3 is 14.9 Å². The summed E-state index contributed by atoms with van der Waals surface area (Å²) < 4.78 is 89.4. The first-order valence-electron chi connectivity index (χ1n) is 10.9. The van der Waals surface area contributed by atoms with Gasteiger partial charge in [0.2, 0.25) is 15.8 Å². The lowest BCUT2D eigenvalue weighted by atomic mass is 10.1. The third kappa shape index (κ3) is 6.08. The van der Waals surface area contributed by atoms with Gasteiger partial charge in [0.25, 0.3) is 0 Å². The molecule has 4 rings (SSSR count). The lowest BCUT2D eigenvalue weighted by molar-refractivity contribution is -0.129. The highest BCUT2D eigenvalue weighted by Crippen LogP contribution is 2.42. The molecule has 0 saturated heterocycles. The molecule has 0 radical (unpaired) electrons. The van der Waals surface area contributed by atoms with Gasteiger partial charge in [0.1, 0.15) is 11.9 Å². The van der Waals surface area contributed by atoms with Crippen molar-refractivity contribution < 1.29 is 35.1 Å². The van der Waals surface area contributed by atoms with Crippen LogP contribution in [0, 0.1) is 5.82 Å². The standard InChI is InChI=1S/C24H19Cl2F4N3O4S/c1-12(19-17(25)5-6-18(27)20(19)26)37-22-21-15(10-32-23(22)31)16(11-36-21)13-3-2-4-14(9-13)33-38(34,35)8-7-24(28,29)30/h2-6,9-12,33H,7-8H2,1H3,(H2,31,32)/t12-/m1/s1. The first-order chi connectivity index (χ1) is 17.8. The zero-order valence-electron chi connectivity index (χ0n) is 19.4. The van der Waals surface area contributed by atoms with Crippen molar-refractivity contribution in [1.82, 2.24) is 4.98 Å². The highest BCUT2D eigenvalue weighted by atomic mass is 35.5. The number of benzene rings is 2. The summed E-state index contributed by atoms with van der Waals surface area (Å²) in [5, 5.41) is 0.408. The number of sulfonamides is 1. The molecule has 0 fully saturated rings. The van der Waals surface area contributed by atoms with Gasteiger partial charge in [-0.1, -0.05) is 35.3 Å². The van der Waals surface area contributed by atoms with Crippen LogP contribution in [0.5, 0.6) is 5.75 Å². The number of ether oxygens (including phenoxy) is 1. The SMILES string of the molecule is C[C@@H](Oc1c(N)ncc2c(-c3cccc(NS(=O)(=O)CCC(F)(F)F)c3)coc12)c1c(Cl)ccc(F)c1Cl. The van der Waals surface area contributed by atoms with Gasteiger partial charge >= 0.3 is 6.18 Å². The summed E-state index contributed by atoms with van der Waals surface area (Å²) in [5.74, 6) is -1.78. The van der Waals surface area contributed by atoms with Gasteiger partial charge in [-0.15, -0.1) is 0 Å². The normalized spacial score (nSPS) is 13.0. The molecule has 1 atom stereocenters. The van der Waals surface area contributed by atoms with Crippen LogP contribution in [0.15, 0.2) is 53.3 Å². The van der Waals surface area contributed by atoms with Crippen LogP contribution in [0.1, 0.15) is 25.0 Å². The Balaban J connectivity index is 1.65. The van der Waals surface area contributed by atoms with Crippen LogP contribution in [-0.4, -0.2) is 25.3 Å². The first kappa shape index (κ1) is 27.8. The van der Waals surface area contributed by atoms with Crippen LogP contribution >= 0.6 is 23.2 Å². The summed E-state index contributed by atoms with van der Waals surface area (Å²) >= 11 is 12.3. The smallest absolute Gasteiger partial charge is 0.390 e. The van der Waals surface area contributed by atoms with Crippen LogP contribution < -0.4 is 15.2 Å². The van der Waals surface area contributed by atoms with Crippen molar-refractivity contribution in [2.75, 3.05) is 16.2 Å². The highest BCUT2D eigenvalue weighted by Gasteiger charge is 2.30. The molecule has 0 amide bonds. The van der Waals surface area contributed by atoms with E-state index in [9.17, 15) is 26.0 Å². The van der Waals surface area contributed by atoms with Crippen LogP contribution in [0.2, 0.25) is 10.0 Å². The third-order valence-corrected chi connectivity index (χ3v) is 7.48. The number of alkyl halides is 3. The zero-order chi connectivity index (χ0) is 27.8. The molecule has 2 aromatic carbocycles. The molecule has 0 aliphatic heterocycles. The van der Waals surface area contributed by atoms with Crippen molar-refractivity contribution in [3.8, 4) is 16.9 Å². The van der Waals surface area contributed by atoms with Crippen molar-refractivity contribution in [2.45, 2.75) is 25.6 Å². The maximum absolute atomic E-state index is 14.0. The Morgan fingerprint density at radius 3 is 2.66 bits per heavy atom. The molecule has 14 heteroatoms. The second-order valence-corrected chi connectivity index (χ2v) is 10.9. The third-order valence-electron chi connectivity index (χ3n) is 5.48. The molecule has 0 aliphatic carbocycles. The second kappa shape index (κ2) is 10.5. The quantitative estimate of drug-likeness (QED) is 0.164. The number of pyridine rings is 1. The number of nitrogens with zero attached hydrogens (tertiary/aromatic N) is 1. The van der Waals surface area contributed by atoms with E-state index in [-0.39, 0.29) is 38.4 Å². The molecule has 7 nitrogen and oxygen atoms in total. The van der Waals surface area contributed by atoms with Crippen LogP contribution in [0.25, 0.3) is 22.1 Å². The average molecular weight is 592 g/mol. The molecule has 4 aromatic rings. The molecule has 202 valence electrons. The molecule has 3 N–H and O–H groups in total. The molecule has 2 aromatic heterocycles. The Bertz CT molecular complexity index is 1610. The molecule has 0 aliphatic rings. The zero-order valence-corrected chi connectivity index (χ0v) is 21.8. The fourth-order valence-corrected chi connectivity index (χ4v) is 5.47. The summed E-state index contributed by atoms with van der Waals surface area (Å²) in [6.45, 7) is 1.59. The van der Waals surface area contributed by atoms with Crippen molar-refractivity contribution >= 4 is 55.7 Å². The summed E-state index contributed by atoms with van der Waals surface area (Å²) in [6.07, 6.45) is -4.16. The van der Waals surface area contributed by atoms with Crippen molar-refractivity contribution in [3.63, 3.8) is 0 Å². The van der Waals surface area contributed by atoms with Crippen LogP contribution in [0.3, 0.4) is 0 Å². The Morgan fingerprint density at radius 1 is 1.21 bits per heavy atom. The summed E-state index contributed by atoms with van der Waals surface area (Å²) in [4.78, 5) is 4.14. The number of hydrogen-bond donors (Lipinski definition) is 2. The minimum absolute atomic E-state index is 0.0277. The van der Waals surface area contributed by atoms with Crippen molar-refractivity contribution in [2.24, 2.45) is 0 Å². The number of halogens is 6. The number of nitrogens with one attached hydrogen (secondary N) is 1. The Hall–Kier alpha value is -3.22. The number of fused-ring (bicyclic) bond motifs is 1. The number of hydrogen-bond acceptors (Lipinski definition) is 6. The largest absolute Gasteiger partial charge is 0.478 e. The van der Waals surface area contributed by atoms with Crippen molar-refractivity contribution in [3.05, 3.63) is 70.3 Å². The first-order valence-corrected chi connectivity index (χ1v) is 13.3. The lowest BCUT2D eigenvalue weighted by Gasteiger charge is -2.18. The van der Waals surface area contributed by atoms with Gasteiger partial charge in [0.15, 0.2) is 11.4 Å². The fourth-order valence-electron chi connectivity index (χ4n) is 3.70. The number of aromatic nitrogens is 1. The molecule has 2 heterocycles. The van der Waals surface area contributed by atoms with E-state index in [0.29, 0.717) is 16.5 Å². The maximum atomic E-state index is 14.0. The van der Waals surface area contributed by atoms with Crippen LogP contribution in [-0.2, 0) is 10.0 Å². The number of rotatable bonds is 8. The topological polar surface area (TPSA) is 107 Å². The molecule has 0 bridgehead atoms. The Kier molecular flexibility index (Phi) is 7.69. The van der Waals surface area contributed by atoms with E-state index in [1.54, 1.807) is 13.0 Å². The van der Waals surface area contributed by atoms with Gasteiger partial charge in [-0.2, -0.15) is 13.2 Å². The van der Waals surface area contributed by atoms with Gasteiger partial charge in [-0.25, -0.2) is 17.8 Å². The fraction of sp³-hybridized carbons (Fsp3) is 0.208. The summed E-state index contributed by atoms with van der Waals surface area (Å²) in [6, 6.07) is 8.46. The molecule has 0 saturated carbocycles. The molecular weight excluding hydrogens is 573 g/mol. The number of anilines is 2. The molecule has 0 spiro atoms. The van der Waals surface area contributed by atoms with Gasteiger partial charge in [0.05, 0.1) is 28.8 Å². The van der Waals surface area contributed by atoms with Crippen LogP contribution in [0.4, 0.5) is 29.1 Å². The lowest BCUT2D eigenvalue weighted by Crippen LogP contribution is -2.21. The Labute approximate surface area is 224 Å². The summed E-state index contributed by atoms with van der Waals surface area (Å²) in [5.41, 5.74) is 7.42. The van der Waals surface area contributed by atoms with Gasteiger partial charge in [0, 0.05) is 28.0 Å². The number of furan rings is 1. The van der Waals surface area contributed by atoms with Gasteiger partial charge in [-0.3, -0.25) is 4.72 Å². The summed E-state index contributed by atoms with van der Waals surface area (Å²) in [7, 11) is -4.25. The number of nitrogens with two attached hydrogens (primary N) is 1. The minimum atomic E-state index is -4.61. The van der Waals surface area contributed by atoms with E-state index >= 15 is 0 Å².